The van der Waals surface area contributed by atoms with E-state index in [-0.39, 0.29) is 5.91 Å². The number of H-pyrrole nitrogens is 1. The van der Waals surface area contributed by atoms with Gasteiger partial charge in [-0.15, -0.1) is 0 Å². The van der Waals surface area contributed by atoms with Crippen LogP contribution in [0.15, 0.2) is 18.2 Å². The minimum Gasteiger partial charge on any atom is -0.342 e. The van der Waals surface area contributed by atoms with Crippen molar-refractivity contribution in [3.8, 4) is 0 Å². The molecular formula is C14H20N4O. The summed E-state index contributed by atoms with van der Waals surface area (Å²) in [6.07, 6.45) is 2.28. The van der Waals surface area contributed by atoms with Crippen LogP contribution in [-0.2, 0) is 11.2 Å². The van der Waals surface area contributed by atoms with Crippen LogP contribution in [0, 0.1) is 6.92 Å². The van der Waals surface area contributed by atoms with Crippen LogP contribution in [-0.4, -0.2) is 35.0 Å². The summed E-state index contributed by atoms with van der Waals surface area (Å²) in [4.78, 5) is 19.1. The molecule has 1 heterocycles. The van der Waals surface area contributed by atoms with Crippen LogP contribution >= 0.6 is 0 Å². The smallest absolute Gasteiger partial charge is 0.234 e. The van der Waals surface area contributed by atoms with Crippen LogP contribution < -0.4 is 5.43 Å². The molecule has 5 nitrogen and oxygen atoms in total. The second kappa shape index (κ2) is 5.84. The number of nitrogens with one attached hydrogen (secondary N) is 2. The normalized spacial score (nSPS) is 11.2. The third-order valence-corrected chi connectivity index (χ3v) is 2.88. The lowest BCUT2D eigenvalue weighted by atomic mass is 10.1. The fraction of sp³-hybridized carbons (Fsp3) is 0.429. The molecule has 0 saturated heterocycles. The monoisotopic (exact) mass is 260 g/mol. The van der Waals surface area contributed by atoms with Gasteiger partial charge in [0, 0.05) is 20.5 Å². The SMILES string of the molecule is Cc1nc2ccc(CCCC(=O)NN(C)C)cc2[nH]1. The number of hydrogen-bond donors (Lipinski definition) is 2. The van der Waals surface area contributed by atoms with Gasteiger partial charge in [0.1, 0.15) is 5.82 Å². The van der Waals surface area contributed by atoms with Gasteiger partial charge in [0.05, 0.1) is 11.0 Å². The van der Waals surface area contributed by atoms with Gasteiger partial charge in [-0.25, -0.2) is 9.99 Å². The van der Waals surface area contributed by atoms with Gasteiger partial charge in [-0.2, -0.15) is 0 Å². The molecule has 0 spiro atoms. The first-order valence-corrected chi connectivity index (χ1v) is 6.46. The molecule has 0 saturated carbocycles. The van der Waals surface area contributed by atoms with Gasteiger partial charge < -0.3 is 4.98 Å². The Kier molecular flexibility index (Phi) is 4.16. The fourth-order valence-electron chi connectivity index (χ4n) is 2.10. The van der Waals surface area contributed by atoms with E-state index >= 15 is 0 Å². The maximum Gasteiger partial charge on any atom is 0.234 e. The molecule has 5 heteroatoms. The molecule has 19 heavy (non-hydrogen) atoms. The van der Waals surface area contributed by atoms with Crippen molar-refractivity contribution in [1.82, 2.24) is 20.4 Å². The second-order valence-corrected chi connectivity index (χ2v) is 4.96. The van der Waals surface area contributed by atoms with Crippen molar-refractivity contribution in [1.29, 1.82) is 0 Å². The summed E-state index contributed by atoms with van der Waals surface area (Å²) in [6, 6.07) is 6.21. The highest BCUT2D eigenvalue weighted by molar-refractivity contribution is 5.76. The highest BCUT2D eigenvalue weighted by Gasteiger charge is 2.04. The lowest BCUT2D eigenvalue weighted by Crippen LogP contribution is -2.35. The average Bonchev–Trinajstić information content (AvgIpc) is 2.67. The van der Waals surface area contributed by atoms with Crippen molar-refractivity contribution in [2.75, 3.05) is 14.1 Å². The van der Waals surface area contributed by atoms with E-state index in [1.807, 2.05) is 27.1 Å². The number of hydrogen-bond acceptors (Lipinski definition) is 3. The third-order valence-electron chi connectivity index (χ3n) is 2.88. The van der Waals surface area contributed by atoms with Gasteiger partial charge in [0.2, 0.25) is 5.91 Å². The molecule has 102 valence electrons. The van der Waals surface area contributed by atoms with Crippen LogP contribution in [0.2, 0.25) is 0 Å². The number of hydrazine groups is 1. The van der Waals surface area contributed by atoms with Crippen molar-refractivity contribution in [2.24, 2.45) is 0 Å². The minimum atomic E-state index is 0.0588. The number of amides is 1. The largest absolute Gasteiger partial charge is 0.342 e. The Hall–Kier alpha value is -1.88. The number of aryl methyl sites for hydroxylation is 2. The van der Waals surface area contributed by atoms with Gasteiger partial charge >= 0.3 is 0 Å². The first-order valence-electron chi connectivity index (χ1n) is 6.46. The highest BCUT2D eigenvalue weighted by Crippen LogP contribution is 2.15. The van der Waals surface area contributed by atoms with E-state index in [1.165, 1.54) is 5.56 Å². The van der Waals surface area contributed by atoms with Crippen LogP contribution in [0.25, 0.3) is 11.0 Å². The van der Waals surface area contributed by atoms with Crippen LogP contribution in [0.5, 0.6) is 0 Å². The molecule has 0 bridgehead atoms. The Bertz CT molecular complexity index is 574. The van der Waals surface area contributed by atoms with Crippen molar-refractivity contribution in [3.63, 3.8) is 0 Å². The van der Waals surface area contributed by atoms with Crippen LogP contribution in [0.3, 0.4) is 0 Å². The zero-order valence-corrected chi connectivity index (χ0v) is 11.7. The number of rotatable bonds is 5. The molecule has 2 rings (SSSR count). The lowest BCUT2D eigenvalue weighted by molar-refractivity contribution is -0.124. The number of carbonyl (C=O) groups excluding carboxylic acids is 1. The molecule has 1 aromatic heterocycles. The summed E-state index contributed by atoms with van der Waals surface area (Å²) in [5.41, 5.74) is 6.03. The summed E-state index contributed by atoms with van der Waals surface area (Å²) >= 11 is 0. The molecular weight excluding hydrogens is 240 g/mol. The quantitative estimate of drug-likeness (QED) is 0.806. The number of aromatic nitrogens is 2. The molecule has 2 N–H and O–H groups in total. The van der Waals surface area contributed by atoms with E-state index in [4.69, 9.17) is 0 Å². The maximum absolute atomic E-state index is 11.5. The van der Waals surface area contributed by atoms with E-state index < -0.39 is 0 Å². The fourth-order valence-corrected chi connectivity index (χ4v) is 2.10. The topological polar surface area (TPSA) is 61.0 Å². The number of benzene rings is 1. The molecule has 0 unspecified atom stereocenters. The first kappa shape index (κ1) is 13.5. The predicted molar refractivity (Wildman–Crippen MR) is 75.6 cm³/mol. The Morgan fingerprint density at radius 3 is 2.95 bits per heavy atom. The molecule has 1 amide bonds. The molecule has 2 aromatic rings. The Labute approximate surface area is 113 Å². The number of nitrogens with zero attached hydrogens (tertiary/aromatic N) is 2. The molecule has 0 aliphatic heterocycles. The summed E-state index contributed by atoms with van der Waals surface area (Å²) in [5, 5.41) is 1.67. The molecule has 0 fully saturated rings. The van der Waals surface area contributed by atoms with E-state index in [1.54, 1.807) is 5.01 Å². The van der Waals surface area contributed by atoms with E-state index in [9.17, 15) is 4.79 Å². The Morgan fingerprint density at radius 2 is 2.21 bits per heavy atom. The second-order valence-electron chi connectivity index (χ2n) is 4.96. The van der Waals surface area contributed by atoms with Gasteiger partial charge in [0.25, 0.3) is 0 Å². The zero-order valence-electron chi connectivity index (χ0n) is 11.7. The highest BCUT2D eigenvalue weighted by atomic mass is 16.2. The Balaban J connectivity index is 1.89. The van der Waals surface area contributed by atoms with Crippen LogP contribution in [0.4, 0.5) is 0 Å². The standard InChI is InChI=1S/C14H20N4O/c1-10-15-12-8-7-11(9-13(12)16-10)5-4-6-14(19)17-18(2)3/h7-9H,4-6H2,1-3H3,(H,15,16)(H,17,19). The first-order chi connectivity index (χ1) is 9.04. The number of fused-ring (bicyclic) bond motifs is 1. The summed E-state index contributed by atoms with van der Waals surface area (Å²) in [7, 11) is 3.62. The van der Waals surface area contributed by atoms with Gasteiger partial charge in [-0.05, 0) is 37.5 Å². The van der Waals surface area contributed by atoms with Gasteiger partial charge in [0.15, 0.2) is 0 Å². The third kappa shape index (κ3) is 3.79. The van der Waals surface area contributed by atoms with E-state index in [0.717, 1.165) is 29.7 Å². The van der Waals surface area contributed by atoms with E-state index in [0.29, 0.717) is 6.42 Å². The summed E-state index contributed by atoms with van der Waals surface area (Å²) in [5.74, 6) is 0.987. The number of carbonyl (C=O) groups is 1. The minimum absolute atomic E-state index is 0.0588. The Morgan fingerprint density at radius 1 is 1.42 bits per heavy atom. The predicted octanol–water partition coefficient (Wildman–Crippen LogP) is 1.79. The van der Waals surface area contributed by atoms with Crippen molar-refractivity contribution < 1.29 is 4.79 Å². The van der Waals surface area contributed by atoms with Gasteiger partial charge in [-0.1, -0.05) is 6.07 Å². The maximum atomic E-state index is 11.5. The molecule has 0 radical (unpaired) electrons. The van der Waals surface area contributed by atoms with E-state index in [2.05, 4.69) is 27.5 Å². The van der Waals surface area contributed by atoms with Crippen molar-refractivity contribution in [2.45, 2.75) is 26.2 Å². The van der Waals surface area contributed by atoms with Crippen molar-refractivity contribution in [3.05, 3.63) is 29.6 Å². The molecule has 0 aliphatic rings. The molecule has 0 atom stereocenters. The van der Waals surface area contributed by atoms with Crippen molar-refractivity contribution >= 4 is 16.9 Å². The average molecular weight is 260 g/mol. The number of aromatic amines is 1. The molecule has 0 aliphatic carbocycles. The summed E-state index contributed by atoms with van der Waals surface area (Å²) < 4.78 is 0. The van der Waals surface area contributed by atoms with Crippen LogP contribution in [0.1, 0.15) is 24.2 Å². The zero-order chi connectivity index (χ0) is 13.8. The van der Waals surface area contributed by atoms with Gasteiger partial charge in [-0.3, -0.25) is 10.2 Å². The molecule has 1 aromatic carbocycles. The number of imidazole rings is 1. The lowest BCUT2D eigenvalue weighted by Gasteiger charge is -2.11. The summed E-state index contributed by atoms with van der Waals surface area (Å²) in [6.45, 7) is 1.95.